The van der Waals surface area contributed by atoms with Gasteiger partial charge in [-0.2, -0.15) is 0 Å². The van der Waals surface area contributed by atoms with Crippen molar-refractivity contribution in [3.05, 3.63) is 69.3 Å². The highest BCUT2D eigenvalue weighted by Gasteiger charge is 2.20. The molecule has 0 unspecified atom stereocenters. The van der Waals surface area contributed by atoms with E-state index in [2.05, 4.69) is 5.32 Å². The molecule has 0 aliphatic carbocycles. The number of benzene rings is 2. The second kappa shape index (κ2) is 8.89. The van der Waals surface area contributed by atoms with E-state index in [9.17, 15) is 28.5 Å². The quantitative estimate of drug-likeness (QED) is 0.440. The number of esters is 1. The van der Waals surface area contributed by atoms with Crippen molar-refractivity contribution >= 4 is 17.6 Å². The largest absolute Gasteiger partial charge is 0.490 e. The Labute approximate surface area is 158 Å². The third-order valence-corrected chi connectivity index (χ3v) is 3.75. The summed E-state index contributed by atoms with van der Waals surface area (Å²) in [6, 6.07) is 5.59. The highest BCUT2D eigenvalue weighted by molar-refractivity contribution is 5.92. The molecular formula is C18H16F2N2O6. The number of hydrogen-bond acceptors (Lipinski definition) is 6. The molecule has 28 heavy (non-hydrogen) atoms. The van der Waals surface area contributed by atoms with Crippen LogP contribution in [0.4, 0.5) is 14.5 Å². The average Bonchev–Trinajstić information content (AvgIpc) is 2.65. The Morgan fingerprint density at radius 3 is 2.54 bits per heavy atom. The number of rotatable bonds is 7. The highest BCUT2D eigenvalue weighted by atomic mass is 19.1. The van der Waals surface area contributed by atoms with E-state index in [1.54, 1.807) is 0 Å². The number of nitro groups is 1. The summed E-state index contributed by atoms with van der Waals surface area (Å²) in [5.74, 6) is -3.29. The van der Waals surface area contributed by atoms with Crippen LogP contribution in [0.5, 0.6) is 5.75 Å². The lowest BCUT2D eigenvalue weighted by molar-refractivity contribution is -0.385. The molecule has 148 valence electrons. The van der Waals surface area contributed by atoms with Crippen LogP contribution >= 0.6 is 0 Å². The molecule has 0 radical (unpaired) electrons. The van der Waals surface area contributed by atoms with Gasteiger partial charge in [-0.05, 0) is 25.1 Å². The summed E-state index contributed by atoms with van der Waals surface area (Å²) in [7, 11) is 1.25. The first kappa shape index (κ1) is 20.7. The maximum Gasteiger partial charge on any atom is 0.338 e. The van der Waals surface area contributed by atoms with E-state index in [0.717, 1.165) is 12.1 Å². The van der Waals surface area contributed by atoms with Crippen molar-refractivity contribution in [1.29, 1.82) is 0 Å². The Kier molecular flexibility index (Phi) is 6.59. The van der Waals surface area contributed by atoms with E-state index in [0.29, 0.717) is 6.07 Å². The second-order valence-electron chi connectivity index (χ2n) is 5.67. The molecule has 0 fully saturated rings. The maximum absolute atomic E-state index is 13.7. The van der Waals surface area contributed by atoms with Crippen LogP contribution in [0.15, 0.2) is 36.4 Å². The van der Waals surface area contributed by atoms with Gasteiger partial charge in [0.25, 0.3) is 5.91 Å². The number of nitro benzene ring substituents is 1. The molecule has 1 amide bonds. The van der Waals surface area contributed by atoms with E-state index >= 15 is 0 Å². The molecule has 0 bridgehead atoms. The van der Waals surface area contributed by atoms with Crippen molar-refractivity contribution in [3.8, 4) is 5.75 Å². The lowest BCUT2D eigenvalue weighted by atomic mass is 10.1. The minimum absolute atomic E-state index is 0.0329. The normalized spacial score (nSPS) is 11.4. The van der Waals surface area contributed by atoms with Crippen molar-refractivity contribution in [3.63, 3.8) is 0 Å². The summed E-state index contributed by atoms with van der Waals surface area (Å²) >= 11 is 0. The first-order valence-corrected chi connectivity index (χ1v) is 7.96. The van der Waals surface area contributed by atoms with Crippen LogP contribution in [0.3, 0.4) is 0 Å². The van der Waals surface area contributed by atoms with Crippen LogP contribution in [0.1, 0.15) is 28.9 Å². The van der Waals surface area contributed by atoms with Gasteiger partial charge >= 0.3 is 11.7 Å². The minimum Gasteiger partial charge on any atom is -0.490 e. The third kappa shape index (κ3) is 5.00. The number of amides is 1. The fourth-order valence-corrected chi connectivity index (χ4v) is 2.39. The molecule has 1 N–H and O–H groups in total. The van der Waals surface area contributed by atoms with Gasteiger partial charge < -0.3 is 14.8 Å². The Hall–Kier alpha value is -3.56. The second-order valence-corrected chi connectivity index (χ2v) is 5.67. The molecule has 8 nitrogen and oxygen atoms in total. The monoisotopic (exact) mass is 394 g/mol. The standard InChI is InChI=1S/C18H16F2N2O6/c1-10(13-5-4-12(19)8-14(13)20)21-17(23)9-28-18(24)11-3-6-16(27-2)15(7-11)22(25)26/h3-8,10H,9H2,1-2H3,(H,21,23)/t10-/m0/s1. The molecule has 2 aromatic carbocycles. The Bertz CT molecular complexity index is 919. The average molecular weight is 394 g/mol. The van der Waals surface area contributed by atoms with Crippen LogP contribution in [-0.2, 0) is 9.53 Å². The van der Waals surface area contributed by atoms with Crippen LogP contribution in [-0.4, -0.2) is 30.5 Å². The van der Waals surface area contributed by atoms with Crippen molar-refractivity contribution in [2.45, 2.75) is 13.0 Å². The number of nitrogens with zero attached hydrogens (tertiary/aromatic N) is 1. The van der Waals surface area contributed by atoms with Gasteiger partial charge in [-0.25, -0.2) is 13.6 Å². The first-order valence-electron chi connectivity index (χ1n) is 7.96. The van der Waals surface area contributed by atoms with Gasteiger partial charge in [-0.3, -0.25) is 14.9 Å². The fourth-order valence-electron chi connectivity index (χ4n) is 2.39. The van der Waals surface area contributed by atoms with Gasteiger partial charge in [0.2, 0.25) is 0 Å². The van der Waals surface area contributed by atoms with Gasteiger partial charge in [0.15, 0.2) is 12.4 Å². The number of nitrogens with one attached hydrogen (secondary N) is 1. The van der Waals surface area contributed by atoms with Crippen LogP contribution in [0, 0.1) is 21.7 Å². The number of carbonyl (C=O) groups excluding carboxylic acids is 2. The van der Waals surface area contributed by atoms with Crippen molar-refractivity contribution in [2.24, 2.45) is 0 Å². The van der Waals surface area contributed by atoms with Gasteiger partial charge in [-0.15, -0.1) is 0 Å². The predicted octanol–water partition coefficient (Wildman–Crippen LogP) is 2.92. The molecule has 0 spiro atoms. The third-order valence-electron chi connectivity index (χ3n) is 3.75. The molecule has 0 saturated carbocycles. The summed E-state index contributed by atoms with van der Waals surface area (Å²) in [6.07, 6.45) is 0. The molecule has 10 heteroatoms. The van der Waals surface area contributed by atoms with Crippen molar-refractivity contribution < 1.29 is 32.8 Å². The van der Waals surface area contributed by atoms with Gasteiger partial charge in [0, 0.05) is 17.7 Å². The van der Waals surface area contributed by atoms with E-state index < -0.39 is 46.8 Å². The van der Waals surface area contributed by atoms with Crippen LogP contribution < -0.4 is 10.1 Å². The molecule has 0 aromatic heterocycles. The molecular weight excluding hydrogens is 378 g/mol. The fraction of sp³-hybridized carbons (Fsp3) is 0.222. The van der Waals surface area contributed by atoms with E-state index in [1.165, 1.54) is 32.2 Å². The van der Waals surface area contributed by atoms with Crippen LogP contribution in [0.2, 0.25) is 0 Å². The van der Waals surface area contributed by atoms with Gasteiger partial charge in [0.1, 0.15) is 11.6 Å². The zero-order chi connectivity index (χ0) is 20.8. The number of ether oxygens (including phenoxy) is 2. The van der Waals surface area contributed by atoms with Gasteiger partial charge in [0.05, 0.1) is 23.6 Å². The van der Waals surface area contributed by atoms with Crippen LogP contribution in [0.25, 0.3) is 0 Å². The number of halogens is 2. The van der Waals surface area contributed by atoms with Gasteiger partial charge in [-0.1, -0.05) is 6.07 Å². The molecule has 0 heterocycles. The molecule has 1 atom stereocenters. The molecule has 0 aliphatic rings. The summed E-state index contributed by atoms with van der Waals surface area (Å²) in [5, 5.41) is 13.4. The zero-order valence-corrected chi connectivity index (χ0v) is 14.9. The van der Waals surface area contributed by atoms with Crippen molar-refractivity contribution in [1.82, 2.24) is 5.32 Å². The minimum atomic E-state index is -0.957. The topological polar surface area (TPSA) is 108 Å². The SMILES string of the molecule is COc1ccc(C(=O)OCC(=O)N[C@@H](C)c2ccc(F)cc2F)cc1[N+](=O)[O-]. The zero-order valence-electron chi connectivity index (χ0n) is 14.9. The smallest absolute Gasteiger partial charge is 0.338 e. The Morgan fingerprint density at radius 1 is 1.21 bits per heavy atom. The number of methoxy groups -OCH3 is 1. The summed E-state index contributed by atoms with van der Waals surface area (Å²) in [5.41, 5.74) is -0.508. The highest BCUT2D eigenvalue weighted by Crippen LogP contribution is 2.27. The number of carbonyl (C=O) groups is 2. The lowest BCUT2D eigenvalue weighted by Crippen LogP contribution is -2.31. The maximum atomic E-state index is 13.7. The van der Waals surface area contributed by atoms with E-state index in [-0.39, 0.29) is 16.9 Å². The Balaban J connectivity index is 1.98. The molecule has 2 aromatic rings. The summed E-state index contributed by atoms with van der Waals surface area (Å²) < 4.78 is 36.3. The Morgan fingerprint density at radius 2 is 1.93 bits per heavy atom. The lowest BCUT2D eigenvalue weighted by Gasteiger charge is -2.15. The predicted molar refractivity (Wildman–Crippen MR) is 92.8 cm³/mol. The number of hydrogen-bond donors (Lipinski definition) is 1. The molecule has 0 aliphatic heterocycles. The summed E-state index contributed by atoms with van der Waals surface area (Å²) in [6.45, 7) is 0.786. The van der Waals surface area contributed by atoms with Crippen molar-refractivity contribution in [2.75, 3.05) is 13.7 Å². The molecule has 0 saturated heterocycles. The first-order chi connectivity index (χ1) is 13.2. The molecule has 2 rings (SSSR count). The summed E-state index contributed by atoms with van der Waals surface area (Å²) in [4.78, 5) is 34.2. The van der Waals surface area contributed by atoms with E-state index in [4.69, 9.17) is 9.47 Å². The van der Waals surface area contributed by atoms with E-state index in [1.807, 2.05) is 0 Å².